The van der Waals surface area contributed by atoms with Crippen molar-refractivity contribution in [3.05, 3.63) is 23.8 Å². The fourth-order valence-electron chi connectivity index (χ4n) is 2.85. The second-order valence-corrected chi connectivity index (χ2v) is 5.18. The van der Waals surface area contributed by atoms with Gasteiger partial charge in [0.2, 0.25) is 6.79 Å². The number of carbonyl (C=O) groups is 1. The summed E-state index contributed by atoms with van der Waals surface area (Å²) in [5.41, 5.74) is 6.29. The molecule has 2 unspecified atom stereocenters. The lowest BCUT2D eigenvalue weighted by Crippen LogP contribution is -2.34. The van der Waals surface area contributed by atoms with Gasteiger partial charge in [0.25, 0.3) is 5.91 Å². The van der Waals surface area contributed by atoms with E-state index in [1.54, 1.807) is 6.07 Å². The topological polar surface area (TPSA) is 64.8 Å². The van der Waals surface area contributed by atoms with Gasteiger partial charge in [-0.2, -0.15) is 0 Å². The fourth-order valence-corrected chi connectivity index (χ4v) is 2.85. The highest BCUT2D eigenvalue weighted by molar-refractivity contribution is 5.98. The first kappa shape index (κ1) is 14.9. The van der Waals surface area contributed by atoms with E-state index in [2.05, 4.69) is 6.92 Å². The number of halogens is 1. The van der Waals surface area contributed by atoms with Crippen LogP contribution in [0.3, 0.4) is 0 Å². The predicted molar refractivity (Wildman–Crippen MR) is 77.5 cm³/mol. The molecule has 2 aliphatic rings. The summed E-state index contributed by atoms with van der Waals surface area (Å²) in [6, 6.07) is 5.65. The summed E-state index contributed by atoms with van der Waals surface area (Å²) in [6.45, 7) is 3.59. The standard InChI is InChI=1S/C14H18N2O3.ClH/c1-9-5-10(6-15)7-16(9)14(17)11-3-2-4-12-13(11)19-8-18-12;/h2-4,9-10H,5-8,15H2,1H3;1H. The Morgan fingerprint density at radius 1 is 1.45 bits per heavy atom. The van der Waals surface area contributed by atoms with Gasteiger partial charge < -0.3 is 20.1 Å². The van der Waals surface area contributed by atoms with Crippen LogP contribution in [0.25, 0.3) is 0 Å². The van der Waals surface area contributed by atoms with Crippen LogP contribution in [0.2, 0.25) is 0 Å². The Labute approximate surface area is 124 Å². The molecule has 3 rings (SSSR count). The van der Waals surface area contributed by atoms with E-state index < -0.39 is 0 Å². The molecule has 2 N–H and O–H groups in total. The van der Waals surface area contributed by atoms with E-state index in [1.807, 2.05) is 17.0 Å². The van der Waals surface area contributed by atoms with E-state index in [9.17, 15) is 4.79 Å². The van der Waals surface area contributed by atoms with E-state index in [0.717, 1.165) is 13.0 Å². The number of nitrogens with two attached hydrogens (primary N) is 1. The summed E-state index contributed by atoms with van der Waals surface area (Å²) in [5, 5.41) is 0. The van der Waals surface area contributed by atoms with Gasteiger partial charge in [-0.15, -0.1) is 12.4 Å². The maximum absolute atomic E-state index is 12.6. The molecule has 1 fully saturated rings. The number of fused-ring (bicyclic) bond motifs is 1. The first-order chi connectivity index (χ1) is 9.20. The van der Waals surface area contributed by atoms with E-state index in [-0.39, 0.29) is 31.1 Å². The van der Waals surface area contributed by atoms with Crippen LogP contribution in [0, 0.1) is 5.92 Å². The molecule has 20 heavy (non-hydrogen) atoms. The molecule has 2 atom stereocenters. The zero-order chi connectivity index (χ0) is 13.4. The monoisotopic (exact) mass is 298 g/mol. The smallest absolute Gasteiger partial charge is 0.258 e. The number of para-hydroxylation sites is 1. The van der Waals surface area contributed by atoms with E-state index >= 15 is 0 Å². The Balaban J connectivity index is 0.00000147. The molecule has 0 radical (unpaired) electrons. The van der Waals surface area contributed by atoms with Gasteiger partial charge in [-0.25, -0.2) is 0 Å². The summed E-state index contributed by atoms with van der Waals surface area (Å²) in [5.74, 6) is 1.61. The average Bonchev–Trinajstić information content (AvgIpc) is 3.03. The maximum atomic E-state index is 12.6. The molecule has 1 aromatic rings. The number of hydrogen-bond acceptors (Lipinski definition) is 4. The largest absolute Gasteiger partial charge is 0.454 e. The Hall–Kier alpha value is -1.46. The van der Waals surface area contributed by atoms with Gasteiger partial charge in [0, 0.05) is 12.6 Å². The van der Waals surface area contributed by atoms with Crippen LogP contribution >= 0.6 is 12.4 Å². The number of nitrogens with zero attached hydrogens (tertiary/aromatic N) is 1. The Kier molecular flexibility index (Phi) is 4.40. The molecule has 0 saturated carbocycles. The molecule has 0 aliphatic carbocycles. The van der Waals surface area contributed by atoms with E-state index in [0.29, 0.717) is 29.5 Å². The van der Waals surface area contributed by atoms with Crippen molar-refractivity contribution in [2.75, 3.05) is 19.9 Å². The van der Waals surface area contributed by atoms with Crippen molar-refractivity contribution in [1.82, 2.24) is 4.90 Å². The number of carbonyl (C=O) groups excluding carboxylic acids is 1. The molecule has 0 spiro atoms. The van der Waals surface area contributed by atoms with Crippen LogP contribution in [-0.2, 0) is 0 Å². The van der Waals surface area contributed by atoms with Crippen molar-refractivity contribution in [2.24, 2.45) is 11.7 Å². The lowest BCUT2D eigenvalue weighted by molar-refractivity contribution is 0.0739. The molecular weight excluding hydrogens is 280 g/mol. The minimum Gasteiger partial charge on any atom is -0.454 e. The molecule has 110 valence electrons. The van der Waals surface area contributed by atoms with Gasteiger partial charge in [0.1, 0.15) is 0 Å². The number of likely N-dealkylation sites (tertiary alicyclic amines) is 1. The summed E-state index contributed by atoms with van der Waals surface area (Å²) in [7, 11) is 0. The quantitative estimate of drug-likeness (QED) is 0.901. The summed E-state index contributed by atoms with van der Waals surface area (Å²) >= 11 is 0. The van der Waals surface area contributed by atoms with Gasteiger partial charge in [-0.3, -0.25) is 4.79 Å². The highest BCUT2D eigenvalue weighted by Crippen LogP contribution is 2.37. The van der Waals surface area contributed by atoms with Crippen LogP contribution < -0.4 is 15.2 Å². The third kappa shape index (κ3) is 2.43. The first-order valence-electron chi connectivity index (χ1n) is 6.60. The second-order valence-electron chi connectivity index (χ2n) is 5.18. The molecule has 2 heterocycles. The lowest BCUT2D eigenvalue weighted by atomic mass is 10.1. The molecule has 0 aromatic heterocycles. The van der Waals surface area contributed by atoms with Crippen LogP contribution in [0.4, 0.5) is 0 Å². The van der Waals surface area contributed by atoms with Crippen molar-refractivity contribution in [1.29, 1.82) is 0 Å². The van der Waals surface area contributed by atoms with Crippen molar-refractivity contribution < 1.29 is 14.3 Å². The Morgan fingerprint density at radius 2 is 2.25 bits per heavy atom. The summed E-state index contributed by atoms with van der Waals surface area (Å²) < 4.78 is 10.7. The molecular formula is C14H19ClN2O3. The Morgan fingerprint density at radius 3 is 2.95 bits per heavy atom. The van der Waals surface area contributed by atoms with Crippen molar-refractivity contribution in [3.63, 3.8) is 0 Å². The second kappa shape index (κ2) is 5.89. The van der Waals surface area contributed by atoms with Gasteiger partial charge >= 0.3 is 0 Å². The van der Waals surface area contributed by atoms with E-state index in [1.165, 1.54) is 0 Å². The summed E-state index contributed by atoms with van der Waals surface area (Å²) in [6.07, 6.45) is 0.967. The maximum Gasteiger partial charge on any atom is 0.258 e. The predicted octanol–water partition coefficient (Wildman–Crippen LogP) is 1.65. The number of hydrogen-bond donors (Lipinski definition) is 1. The van der Waals surface area contributed by atoms with Gasteiger partial charge in [-0.05, 0) is 37.9 Å². The highest BCUT2D eigenvalue weighted by atomic mass is 35.5. The Bertz CT molecular complexity index is 509. The third-order valence-electron chi connectivity index (χ3n) is 3.88. The molecule has 5 nitrogen and oxygen atoms in total. The highest BCUT2D eigenvalue weighted by Gasteiger charge is 2.34. The molecule has 1 amide bonds. The molecule has 2 aliphatic heterocycles. The first-order valence-corrected chi connectivity index (χ1v) is 6.60. The number of ether oxygens (including phenoxy) is 2. The lowest BCUT2D eigenvalue weighted by Gasteiger charge is -2.22. The van der Waals surface area contributed by atoms with Crippen LogP contribution in [0.5, 0.6) is 11.5 Å². The average molecular weight is 299 g/mol. The van der Waals surface area contributed by atoms with Crippen molar-refractivity contribution >= 4 is 18.3 Å². The fraction of sp³-hybridized carbons (Fsp3) is 0.500. The van der Waals surface area contributed by atoms with Crippen molar-refractivity contribution in [3.8, 4) is 11.5 Å². The molecule has 1 aromatic carbocycles. The van der Waals surface area contributed by atoms with Crippen molar-refractivity contribution in [2.45, 2.75) is 19.4 Å². The van der Waals surface area contributed by atoms with Gasteiger partial charge in [0.05, 0.1) is 5.56 Å². The number of benzene rings is 1. The van der Waals surface area contributed by atoms with E-state index in [4.69, 9.17) is 15.2 Å². The number of rotatable bonds is 2. The normalized spacial score (nSPS) is 23.6. The SMILES string of the molecule is CC1CC(CN)CN1C(=O)c1cccc2c1OCO2.Cl. The zero-order valence-corrected chi connectivity index (χ0v) is 12.2. The van der Waals surface area contributed by atoms with Crippen LogP contribution in [0.15, 0.2) is 18.2 Å². The molecule has 1 saturated heterocycles. The number of amides is 1. The molecule has 0 bridgehead atoms. The van der Waals surface area contributed by atoms with Crippen LogP contribution in [-0.4, -0.2) is 36.7 Å². The van der Waals surface area contributed by atoms with Gasteiger partial charge in [-0.1, -0.05) is 6.07 Å². The zero-order valence-electron chi connectivity index (χ0n) is 11.4. The van der Waals surface area contributed by atoms with Crippen LogP contribution in [0.1, 0.15) is 23.7 Å². The van der Waals surface area contributed by atoms with Gasteiger partial charge in [0.15, 0.2) is 11.5 Å². The minimum absolute atomic E-state index is 0. The summed E-state index contributed by atoms with van der Waals surface area (Å²) in [4.78, 5) is 14.5. The third-order valence-corrected chi connectivity index (χ3v) is 3.88. The minimum atomic E-state index is 0. The molecule has 6 heteroatoms.